The van der Waals surface area contributed by atoms with Crippen LogP contribution >= 0.6 is 0 Å². The number of esters is 1. The third-order valence-electron chi connectivity index (χ3n) is 2.25. The zero-order valence-corrected chi connectivity index (χ0v) is 10.1. The Morgan fingerprint density at radius 3 is 2.78 bits per heavy atom. The molecule has 0 radical (unpaired) electrons. The molecule has 0 saturated heterocycles. The van der Waals surface area contributed by atoms with Crippen LogP contribution in [0.25, 0.3) is 0 Å². The lowest BCUT2D eigenvalue weighted by Gasteiger charge is -2.05. The molecule has 1 aromatic carbocycles. The zero-order valence-electron chi connectivity index (χ0n) is 10.1. The minimum atomic E-state index is -0.522. The number of rotatable bonds is 3. The fourth-order valence-corrected chi connectivity index (χ4v) is 1.41. The Kier molecular flexibility index (Phi) is 3.52. The molecule has 5 nitrogen and oxygen atoms in total. The number of aryl methyl sites for hydroxylation is 1. The van der Waals surface area contributed by atoms with Crippen molar-refractivity contribution in [2.24, 2.45) is 0 Å². The molecule has 0 atom stereocenters. The monoisotopic (exact) mass is 244 g/mol. The van der Waals surface area contributed by atoms with Crippen LogP contribution in [0.2, 0.25) is 0 Å². The molecule has 0 fully saturated rings. The Morgan fingerprint density at radius 2 is 2.06 bits per heavy atom. The maximum Gasteiger partial charge on any atom is 0.356 e. The fraction of sp³-hybridized carbons (Fsp3) is 0.154. The molecule has 92 valence electrons. The highest BCUT2D eigenvalue weighted by atomic mass is 16.5. The number of benzene rings is 1. The van der Waals surface area contributed by atoms with E-state index in [2.05, 4.69) is 14.7 Å². The van der Waals surface area contributed by atoms with Crippen molar-refractivity contribution in [3.05, 3.63) is 47.9 Å². The first kappa shape index (κ1) is 12.0. The normalized spacial score (nSPS) is 9.89. The lowest BCUT2D eigenvalue weighted by molar-refractivity contribution is 0.0593. The van der Waals surface area contributed by atoms with Crippen molar-refractivity contribution in [3.8, 4) is 11.6 Å². The minimum absolute atomic E-state index is 0.162. The molecular formula is C13H12N2O3. The summed E-state index contributed by atoms with van der Waals surface area (Å²) in [5.41, 5.74) is 1.24. The topological polar surface area (TPSA) is 61.3 Å². The number of carbonyl (C=O) groups excluding carboxylic acids is 1. The Morgan fingerprint density at radius 1 is 1.22 bits per heavy atom. The van der Waals surface area contributed by atoms with Crippen molar-refractivity contribution in [3.63, 3.8) is 0 Å². The summed E-state index contributed by atoms with van der Waals surface area (Å²) in [4.78, 5) is 19.0. The van der Waals surface area contributed by atoms with E-state index in [0.29, 0.717) is 11.6 Å². The summed E-state index contributed by atoms with van der Waals surface area (Å²) in [5, 5.41) is 0. The van der Waals surface area contributed by atoms with Gasteiger partial charge in [0.25, 0.3) is 0 Å². The van der Waals surface area contributed by atoms with Crippen molar-refractivity contribution in [2.45, 2.75) is 6.92 Å². The summed E-state index contributed by atoms with van der Waals surface area (Å²) in [7, 11) is 1.30. The third kappa shape index (κ3) is 2.82. The van der Waals surface area contributed by atoms with E-state index >= 15 is 0 Å². The lowest BCUT2D eigenvalue weighted by Crippen LogP contribution is -2.04. The van der Waals surface area contributed by atoms with Crippen LogP contribution in [0.1, 0.15) is 16.1 Å². The highest BCUT2D eigenvalue weighted by Crippen LogP contribution is 2.20. The van der Waals surface area contributed by atoms with Crippen LogP contribution < -0.4 is 4.74 Å². The fourth-order valence-electron chi connectivity index (χ4n) is 1.41. The molecular weight excluding hydrogens is 232 g/mol. The highest BCUT2D eigenvalue weighted by Gasteiger charge is 2.09. The second-order valence-electron chi connectivity index (χ2n) is 3.65. The number of carbonyl (C=O) groups is 1. The van der Waals surface area contributed by atoms with Gasteiger partial charge in [0.2, 0.25) is 5.88 Å². The predicted octanol–water partition coefficient (Wildman–Crippen LogP) is 2.36. The van der Waals surface area contributed by atoms with Gasteiger partial charge in [-0.2, -0.15) is 0 Å². The third-order valence-corrected chi connectivity index (χ3v) is 2.25. The van der Waals surface area contributed by atoms with Gasteiger partial charge in [0.05, 0.1) is 7.11 Å². The smallest absolute Gasteiger partial charge is 0.356 e. The highest BCUT2D eigenvalue weighted by molar-refractivity contribution is 5.87. The molecule has 0 spiro atoms. The van der Waals surface area contributed by atoms with Crippen molar-refractivity contribution in [2.75, 3.05) is 7.11 Å². The molecule has 1 aromatic heterocycles. The van der Waals surface area contributed by atoms with Crippen LogP contribution in [0, 0.1) is 6.92 Å². The average Bonchev–Trinajstić information content (AvgIpc) is 2.38. The van der Waals surface area contributed by atoms with Gasteiger partial charge in [-0.15, -0.1) is 0 Å². The van der Waals surface area contributed by atoms with Crippen LogP contribution in [-0.4, -0.2) is 23.0 Å². The molecule has 2 rings (SSSR count). The second kappa shape index (κ2) is 5.27. The summed E-state index contributed by atoms with van der Waals surface area (Å²) >= 11 is 0. The van der Waals surface area contributed by atoms with Crippen LogP contribution in [-0.2, 0) is 4.74 Å². The lowest BCUT2D eigenvalue weighted by atomic mass is 10.2. The standard InChI is InChI=1S/C13H12N2O3/c1-9-4-3-5-10(6-9)18-12-7-11(13(16)17-2)14-8-15-12/h3-8H,1-2H3. The predicted molar refractivity (Wildman–Crippen MR) is 64.6 cm³/mol. The second-order valence-corrected chi connectivity index (χ2v) is 3.65. The summed E-state index contributed by atoms with van der Waals surface area (Å²) in [6, 6.07) is 8.97. The van der Waals surface area contributed by atoms with Gasteiger partial charge in [0.15, 0.2) is 5.69 Å². The van der Waals surface area contributed by atoms with Crippen molar-refractivity contribution in [1.82, 2.24) is 9.97 Å². The quantitative estimate of drug-likeness (QED) is 0.775. The summed E-state index contributed by atoms with van der Waals surface area (Å²) in [6.45, 7) is 1.96. The minimum Gasteiger partial charge on any atom is -0.464 e. The van der Waals surface area contributed by atoms with Crippen molar-refractivity contribution >= 4 is 5.97 Å². The largest absolute Gasteiger partial charge is 0.464 e. The summed E-state index contributed by atoms with van der Waals surface area (Å²) < 4.78 is 10.1. The van der Waals surface area contributed by atoms with E-state index in [1.54, 1.807) is 0 Å². The van der Waals surface area contributed by atoms with Crippen LogP contribution in [0.3, 0.4) is 0 Å². The molecule has 18 heavy (non-hydrogen) atoms. The number of aromatic nitrogens is 2. The van der Waals surface area contributed by atoms with Crippen LogP contribution in [0.5, 0.6) is 11.6 Å². The molecule has 0 unspecified atom stereocenters. The van der Waals surface area contributed by atoms with Crippen molar-refractivity contribution in [1.29, 1.82) is 0 Å². The van der Waals surface area contributed by atoms with Crippen LogP contribution in [0.4, 0.5) is 0 Å². The molecule has 0 aliphatic heterocycles. The molecule has 0 amide bonds. The van der Waals surface area contributed by atoms with E-state index in [4.69, 9.17) is 4.74 Å². The Hall–Kier alpha value is -2.43. The van der Waals surface area contributed by atoms with Gasteiger partial charge >= 0.3 is 5.97 Å². The van der Waals surface area contributed by atoms with Gasteiger partial charge in [-0.05, 0) is 24.6 Å². The first-order chi connectivity index (χ1) is 8.69. The molecule has 0 aliphatic carbocycles. The number of hydrogen-bond donors (Lipinski definition) is 0. The molecule has 5 heteroatoms. The molecule has 0 N–H and O–H groups in total. The zero-order chi connectivity index (χ0) is 13.0. The SMILES string of the molecule is COC(=O)c1cc(Oc2cccc(C)c2)ncn1. The van der Waals surface area contributed by atoms with E-state index in [1.165, 1.54) is 19.5 Å². The molecule has 0 aliphatic rings. The number of methoxy groups -OCH3 is 1. The number of hydrogen-bond acceptors (Lipinski definition) is 5. The van der Waals surface area contributed by atoms with E-state index in [9.17, 15) is 4.79 Å². The molecule has 2 aromatic rings. The number of nitrogens with zero attached hydrogens (tertiary/aromatic N) is 2. The maximum atomic E-state index is 11.3. The van der Waals surface area contributed by atoms with Gasteiger partial charge in [-0.3, -0.25) is 0 Å². The van der Waals surface area contributed by atoms with E-state index < -0.39 is 5.97 Å². The average molecular weight is 244 g/mol. The van der Waals surface area contributed by atoms with E-state index in [-0.39, 0.29) is 5.69 Å². The maximum absolute atomic E-state index is 11.3. The Balaban J connectivity index is 2.22. The van der Waals surface area contributed by atoms with Gasteiger partial charge in [-0.1, -0.05) is 12.1 Å². The Bertz CT molecular complexity index is 570. The molecule has 0 bridgehead atoms. The number of ether oxygens (including phenoxy) is 2. The van der Waals surface area contributed by atoms with Crippen LogP contribution in [0.15, 0.2) is 36.7 Å². The first-order valence-electron chi connectivity index (χ1n) is 5.34. The summed E-state index contributed by atoms with van der Waals surface area (Å²) in [6.07, 6.45) is 1.26. The molecule has 1 heterocycles. The van der Waals surface area contributed by atoms with Crippen molar-refractivity contribution < 1.29 is 14.3 Å². The summed E-state index contributed by atoms with van der Waals surface area (Å²) in [5.74, 6) is 0.437. The molecule has 0 saturated carbocycles. The van der Waals surface area contributed by atoms with Gasteiger partial charge in [0.1, 0.15) is 12.1 Å². The Labute approximate surface area is 104 Å². The van der Waals surface area contributed by atoms with Gasteiger partial charge in [0, 0.05) is 6.07 Å². The van der Waals surface area contributed by atoms with E-state index in [0.717, 1.165) is 5.56 Å². The van der Waals surface area contributed by atoms with Gasteiger partial charge < -0.3 is 9.47 Å². The van der Waals surface area contributed by atoms with Gasteiger partial charge in [-0.25, -0.2) is 14.8 Å². The first-order valence-corrected chi connectivity index (χ1v) is 5.34. The van der Waals surface area contributed by atoms with E-state index in [1.807, 2.05) is 31.2 Å².